The monoisotopic (exact) mass is 290 g/mol. The van der Waals surface area contributed by atoms with Gasteiger partial charge in [0.15, 0.2) is 0 Å². The molecule has 2 aromatic heterocycles. The van der Waals surface area contributed by atoms with Crippen molar-refractivity contribution < 1.29 is 0 Å². The molecule has 0 saturated carbocycles. The first kappa shape index (κ1) is 12.7. The minimum atomic E-state index is 0.446. The van der Waals surface area contributed by atoms with Crippen LogP contribution in [0.1, 0.15) is 23.2 Å². The molecule has 2 nitrogen and oxygen atoms in total. The van der Waals surface area contributed by atoms with Crippen LogP contribution in [0.5, 0.6) is 0 Å². The van der Waals surface area contributed by atoms with Gasteiger partial charge in [-0.2, -0.15) is 0 Å². The van der Waals surface area contributed by atoms with Crippen molar-refractivity contribution >= 4 is 34.0 Å². The molecule has 1 aromatic carbocycles. The standard InChI is InChI=1S/C15H15ClN2S/c1-2-11-7-8-19-14(11)10-18-13-6-4-3-5-12(13)17-15(18)9-16/h3-8H,2,9-10H2,1H3. The number of para-hydroxylation sites is 2. The number of fused-ring (bicyclic) bond motifs is 1. The van der Waals surface area contributed by atoms with Crippen molar-refractivity contribution in [3.8, 4) is 0 Å². The molecule has 0 amide bonds. The van der Waals surface area contributed by atoms with E-state index in [1.165, 1.54) is 10.4 Å². The molecule has 4 heteroatoms. The van der Waals surface area contributed by atoms with Crippen LogP contribution in [-0.2, 0) is 18.8 Å². The molecule has 0 atom stereocenters. The summed E-state index contributed by atoms with van der Waals surface area (Å²) in [6.07, 6.45) is 1.07. The number of rotatable bonds is 4. The fourth-order valence-electron chi connectivity index (χ4n) is 2.37. The topological polar surface area (TPSA) is 17.8 Å². The van der Waals surface area contributed by atoms with Crippen LogP contribution >= 0.6 is 22.9 Å². The molecular formula is C15H15ClN2S. The Morgan fingerprint density at radius 2 is 2.11 bits per heavy atom. The molecule has 0 saturated heterocycles. The molecule has 19 heavy (non-hydrogen) atoms. The van der Waals surface area contributed by atoms with E-state index in [9.17, 15) is 0 Å². The number of hydrogen-bond donors (Lipinski definition) is 0. The summed E-state index contributed by atoms with van der Waals surface area (Å²) in [5.74, 6) is 1.39. The molecule has 3 rings (SSSR count). The zero-order valence-electron chi connectivity index (χ0n) is 10.8. The van der Waals surface area contributed by atoms with Gasteiger partial charge < -0.3 is 4.57 Å². The highest BCUT2D eigenvalue weighted by Crippen LogP contribution is 2.23. The maximum Gasteiger partial charge on any atom is 0.125 e. The Morgan fingerprint density at radius 1 is 1.26 bits per heavy atom. The Balaban J connectivity index is 2.09. The average molecular weight is 291 g/mol. The predicted octanol–water partition coefficient (Wildman–Crippen LogP) is 4.45. The third-order valence-corrected chi connectivity index (χ3v) is 4.56. The van der Waals surface area contributed by atoms with E-state index in [4.69, 9.17) is 11.6 Å². The van der Waals surface area contributed by atoms with Crippen LogP contribution in [0, 0.1) is 0 Å². The molecule has 0 fully saturated rings. The van der Waals surface area contributed by atoms with Crippen LogP contribution in [0.15, 0.2) is 35.7 Å². The van der Waals surface area contributed by atoms with Gasteiger partial charge in [-0.05, 0) is 35.6 Å². The highest BCUT2D eigenvalue weighted by Gasteiger charge is 2.11. The first-order valence-corrected chi connectivity index (χ1v) is 7.80. The van der Waals surface area contributed by atoms with E-state index in [0.29, 0.717) is 5.88 Å². The van der Waals surface area contributed by atoms with Crippen molar-refractivity contribution in [2.24, 2.45) is 0 Å². The smallest absolute Gasteiger partial charge is 0.125 e. The van der Waals surface area contributed by atoms with Gasteiger partial charge in [-0.1, -0.05) is 19.1 Å². The second kappa shape index (κ2) is 5.35. The van der Waals surface area contributed by atoms with Crippen molar-refractivity contribution in [1.29, 1.82) is 0 Å². The minimum absolute atomic E-state index is 0.446. The number of halogens is 1. The number of benzene rings is 1. The minimum Gasteiger partial charge on any atom is -0.322 e. The lowest BCUT2D eigenvalue weighted by molar-refractivity contribution is 0.782. The first-order valence-electron chi connectivity index (χ1n) is 6.38. The number of hydrogen-bond acceptors (Lipinski definition) is 2. The highest BCUT2D eigenvalue weighted by atomic mass is 35.5. The Morgan fingerprint density at radius 3 is 2.89 bits per heavy atom. The number of aryl methyl sites for hydroxylation is 1. The second-order valence-corrected chi connectivity index (χ2v) is 5.73. The number of alkyl halides is 1. The van der Waals surface area contributed by atoms with Crippen molar-refractivity contribution in [3.63, 3.8) is 0 Å². The molecule has 0 aliphatic rings. The molecule has 0 N–H and O–H groups in total. The average Bonchev–Trinajstić information content (AvgIpc) is 3.04. The normalized spacial score (nSPS) is 11.3. The fraction of sp³-hybridized carbons (Fsp3) is 0.267. The van der Waals surface area contributed by atoms with Crippen molar-refractivity contribution in [2.45, 2.75) is 25.8 Å². The van der Waals surface area contributed by atoms with Gasteiger partial charge in [0, 0.05) is 4.88 Å². The zero-order chi connectivity index (χ0) is 13.2. The molecular weight excluding hydrogens is 276 g/mol. The van der Waals surface area contributed by atoms with Gasteiger partial charge in [-0.3, -0.25) is 0 Å². The lowest BCUT2D eigenvalue weighted by Gasteiger charge is -2.08. The van der Waals surface area contributed by atoms with Crippen LogP contribution < -0.4 is 0 Å². The molecule has 3 aromatic rings. The Bertz CT molecular complexity index is 699. The summed E-state index contributed by atoms with van der Waals surface area (Å²) >= 11 is 7.85. The molecule has 0 aliphatic carbocycles. The second-order valence-electron chi connectivity index (χ2n) is 4.46. The lowest BCUT2D eigenvalue weighted by atomic mass is 10.2. The van der Waals surface area contributed by atoms with E-state index >= 15 is 0 Å². The van der Waals surface area contributed by atoms with Crippen LogP contribution in [0.2, 0.25) is 0 Å². The molecule has 0 bridgehead atoms. The van der Waals surface area contributed by atoms with Gasteiger partial charge in [0.05, 0.1) is 23.5 Å². The molecule has 0 unspecified atom stereocenters. The van der Waals surface area contributed by atoms with Crippen molar-refractivity contribution in [3.05, 3.63) is 52.0 Å². The number of nitrogens with zero attached hydrogens (tertiary/aromatic N) is 2. The van der Waals surface area contributed by atoms with E-state index in [-0.39, 0.29) is 0 Å². The summed E-state index contributed by atoms with van der Waals surface area (Å²) in [6.45, 7) is 3.06. The summed E-state index contributed by atoms with van der Waals surface area (Å²) in [5, 5.41) is 2.16. The maximum absolute atomic E-state index is 6.04. The van der Waals surface area contributed by atoms with Crippen molar-refractivity contribution in [2.75, 3.05) is 0 Å². The van der Waals surface area contributed by atoms with Gasteiger partial charge in [0.1, 0.15) is 5.82 Å². The largest absolute Gasteiger partial charge is 0.322 e. The third-order valence-electron chi connectivity index (χ3n) is 3.37. The van der Waals surface area contributed by atoms with Gasteiger partial charge >= 0.3 is 0 Å². The SMILES string of the molecule is CCc1ccsc1Cn1c(CCl)nc2ccccc21. The van der Waals surface area contributed by atoms with E-state index in [2.05, 4.69) is 34.0 Å². The molecule has 0 spiro atoms. The predicted molar refractivity (Wildman–Crippen MR) is 82.1 cm³/mol. The van der Waals surface area contributed by atoms with Gasteiger partial charge in [-0.25, -0.2) is 4.98 Å². The summed E-state index contributed by atoms with van der Waals surface area (Å²) in [4.78, 5) is 6.00. The first-order chi connectivity index (χ1) is 9.33. The molecule has 98 valence electrons. The van der Waals surface area contributed by atoms with Gasteiger partial charge in [0.2, 0.25) is 0 Å². The maximum atomic E-state index is 6.04. The number of aromatic nitrogens is 2. The summed E-state index contributed by atoms with van der Waals surface area (Å²) in [7, 11) is 0. The number of imidazole rings is 1. The summed E-state index contributed by atoms with van der Waals surface area (Å²) < 4.78 is 2.23. The van der Waals surface area contributed by atoms with Crippen molar-refractivity contribution in [1.82, 2.24) is 9.55 Å². The lowest BCUT2D eigenvalue weighted by Crippen LogP contribution is -2.04. The van der Waals surface area contributed by atoms with E-state index in [1.807, 2.05) is 29.5 Å². The summed E-state index contributed by atoms with van der Waals surface area (Å²) in [6, 6.07) is 10.4. The van der Waals surface area contributed by atoms with Crippen LogP contribution in [0.3, 0.4) is 0 Å². The summed E-state index contributed by atoms with van der Waals surface area (Å²) in [5.41, 5.74) is 3.60. The Labute approximate surface area is 121 Å². The highest BCUT2D eigenvalue weighted by molar-refractivity contribution is 7.10. The van der Waals surface area contributed by atoms with E-state index in [1.54, 1.807) is 0 Å². The van der Waals surface area contributed by atoms with Crippen LogP contribution in [0.25, 0.3) is 11.0 Å². The zero-order valence-corrected chi connectivity index (χ0v) is 12.3. The van der Waals surface area contributed by atoms with E-state index < -0.39 is 0 Å². The van der Waals surface area contributed by atoms with E-state index in [0.717, 1.165) is 29.8 Å². The Hall–Kier alpha value is -1.32. The molecule has 2 heterocycles. The fourth-order valence-corrected chi connectivity index (χ4v) is 3.54. The third kappa shape index (κ3) is 2.28. The molecule has 0 aliphatic heterocycles. The molecule has 0 radical (unpaired) electrons. The Kier molecular flexibility index (Phi) is 3.58. The van der Waals surface area contributed by atoms with Gasteiger partial charge in [0.25, 0.3) is 0 Å². The quantitative estimate of drug-likeness (QED) is 0.649. The van der Waals surface area contributed by atoms with Crippen LogP contribution in [-0.4, -0.2) is 9.55 Å². The number of thiophene rings is 1. The van der Waals surface area contributed by atoms with Gasteiger partial charge in [-0.15, -0.1) is 22.9 Å². The van der Waals surface area contributed by atoms with Crippen LogP contribution in [0.4, 0.5) is 0 Å².